The van der Waals surface area contributed by atoms with E-state index in [1.54, 1.807) is 0 Å². The maximum atomic E-state index is 2.32. The van der Waals surface area contributed by atoms with E-state index in [1.807, 2.05) is 26.0 Å². The van der Waals surface area contributed by atoms with Crippen LogP contribution in [0.25, 0.3) is 0 Å². The summed E-state index contributed by atoms with van der Waals surface area (Å²) in [6.07, 6.45) is 19.1. The van der Waals surface area contributed by atoms with Crippen LogP contribution < -0.4 is 0 Å². The minimum absolute atomic E-state index is 0. The Morgan fingerprint density at radius 1 is 0.737 bits per heavy atom. The minimum Gasteiger partial charge on any atom is -0.312 e. The Labute approximate surface area is 128 Å². The molecule has 0 N–H and O–H groups in total. The molecule has 19 heavy (non-hydrogen) atoms. The third-order valence-electron chi connectivity index (χ3n) is 3.11. The van der Waals surface area contributed by atoms with E-state index < -0.39 is 0 Å². The lowest BCUT2D eigenvalue weighted by Crippen LogP contribution is -1.99. The van der Waals surface area contributed by atoms with Crippen molar-refractivity contribution in [3.8, 4) is 0 Å². The minimum atomic E-state index is 0. The second-order valence-corrected chi connectivity index (χ2v) is 6.01. The highest BCUT2D eigenvalue weighted by molar-refractivity contribution is 5.85. The van der Waals surface area contributed by atoms with Gasteiger partial charge in [0.1, 0.15) is 0 Å². The summed E-state index contributed by atoms with van der Waals surface area (Å²) in [6, 6.07) is 0. The molecule has 1 aliphatic rings. The average Bonchev–Trinajstić information content (AvgIpc) is 3.10. The molecule has 0 aliphatic heterocycles. The summed E-state index contributed by atoms with van der Waals surface area (Å²) in [5.41, 5.74) is 0. The fourth-order valence-electron chi connectivity index (χ4n) is 1.96. The molecule has 0 aromatic heterocycles. The van der Waals surface area contributed by atoms with Gasteiger partial charge in [0.2, 0.25) is 0 Å². The molecule has 0 saturated heterocycles. The molecule has 1 rings (SSSR count). The predicted octanol–water partition coefficient (Wildman–Crippen LogP) is 5.69. The lowest BCUT2D eigenvalue weighted by Gasteiger charge is -2.01. The standard InChI is InChI=1S/C14H26.C3H9N.ClH/c1-2-3-4-5-6-7-8-9-10-11-14-12-13-14;1-4(2)3;/h12-14H,2-11H2,1H3;1-3H3;1H. The molecule has 0 radical (unpaired) electrons. The molecule has 0 heterocycles. The fourth-order valence-corrected chi connectivity index (χ4v) is 1.96. The van der Waals surface area contributed by atoms with Crippen LogP contribution >= 0.6 is 12.4 Å². The van der Waals surface area contributed by atoms with Gasteiger partial charge in [-0.05, 0) is 33.5 Å². The Morgan fingerprint density at radius 3 is 1.47 bits per heavy atom. The van der Waals surface area contributed by atoms with E-state index in [9.17, 15) is 0 Å². The Balaban J connectivity index is 0. The van der Waals surface area contributed by atoms with Gasteiger partial charge in [-0.3, -0.25) is 0 Å². The van der Waals surface area contributed by atoms with E-state index in [0.29, 0.717) is 0 Å². The molecule has 0 amide bonds. The van der Waals surface area contributed by atoms with Crippen LogP contribution in [-0.4, -0.2) is 26.0 Å². The Morgan fingerprint density at radius 2 is 1.11 bits per heavy atom. The van der Waals surface area contributed by atoms with Crippen molar-refractivity contribution in [3.05, 3.63) is 12.2 Å². The van der Waals surface area contributed by atoms with Gasteiger partial charge in [-0.25, -0.2) is 0 Å². The van der Waals surface area contributed by atoms with E-state index >= 15 is 0 Å². The maximum absolute atomic E-state index is 2.32. The van der Waals surface area contributed by atoms with Crippen molar-refractivity contribution in [3.63, 3.8) is 0 Å². The molecule has 0 saturated carbocycles. The lowest BCUT2D eigenvalue weighted by molar-refractivity contribution is 0.505. The van der Waals surface area contributed by atoms with Gasteiger partial charge in [0.15, 0.2) is 0 Å². The zero-order valence-corrected chi connectivity index (χ0v) is 14.5. The highest BCUT2D eigenvalue weighted by Gasteiger charge is 2.08. The van der Waals surface area contributed by atoms with Gasteiger partial charge >= 0.3 is 0 Å². The maximum Gasteiger partial charge on any atom is -0.00531 e. The molecule has 0 unspecified atom stereocenters. The van der Waals surface area contributed by atoms with Crippen LogP contribution in [0.15, 0.2) is 12.2 Å². The quantitative estimate of drug-likeness (QED) is 0.369. The van der Waals surface area contributed by atoms with Gasteiger partial charge in [-0.1, -0.05) is 76.9 Å². The highest BCUT2D eigenvalue weighted by Crippen LogP contribution is 2.23. The summed E-state index contributed by atoms with van der Waals surface area (Å²) in [4.78, 5) is 2.00. The highest BCUT2D eigenvalue weighted by atomic mass is 35.5. The van der Waals surface area contributed by atoms with Crippen LogP contribution in [0.4, 0.5) is 0 Å². The second kappa shape index (κ2) is 16.0. The van der Waals surface area contributed by atoms with E-state index in [-0.39, 0.29) is 12.4 Å². The van der Waals surface area contributed by atoms with Crippen molar-refractivity contribution in [2.45, 2.75) is 71.1 Å². The van der Waals surface area contributed by atoms with E-state index in [0.717, 1.165) is 5.92 Å². The van der Waals surface area contributed by atoms with E-state index in [2.05, 4.69) is 19.1 Å². The Bertz CT molecular complexity index is 181. The monoisotopic (exact) mass is 289 g/mol. The van der Waals surface area contributed by atoms with Crippen molar-refractivity contribution >= 4 is 12.4 Å². The van der Waals surface area contributed by atoms with Crippen LogP contribution in [0.1, 0.15) is 71.1 Å². The topological polar surface area (TPSA) is 3.24 Å². The number of halogens is 1. The van der Waals surface area contributed by atoms with Crippen LogP contribution in [-0.2, 0) is 0 Å². The smallest absolute Gasteiger partial charge is 0.00531 e. The number of rotatable bonds is 10. The molecular weight excluding hydrogens is 254 g/mol. The van der Waals surface area contributed by atoms with Crippen molar-refractivity contribution in [1.82, 2.24) is 4.90 Å². The third kappa shape index (κ3) is 23.5. The fraction of sp³-hybridized carbons (Fsp3) is 0.882. The summed E-state index contributed by atoms with van der Waals surface area (Å²) in [5.74, 6) is 0.902. The first-order valence-corrected chi connectivity index (χ1v) is 7.96. The predicted molar refractivity (Wildman–Crippen MR) is 91.3 cm³/mol. The second-order valence-electron chi connectivity index (χ2n) is 6.01. The van der Waals surface area contributed by atoms with Crippen LogP contribution in [0, 0.1) is 5.92 Å². The van der Waals surface area contributed by atoms with Crippen LogP contribution in [0.5, 0.6) is 0 Å². The van der Waals surface area contributed by atoms with E-state index in [4.69, 9.17) is 0 Å². The summed E-state index contributed by atoms with van der Waals surface area (Å²) >= 11 is 0. The molecule has 1 aliphatic carbocycles. The molecule has 0 aromatic rings. The summed E-state index contributed by atoms with van der Waals surface area (Å²) in [5, 5.41) is 0. The molecule has 0 atom stereocenters. The number of allylic oxidation sites excluding steroid dienone is 2. The van der Waals surface area contributed by atoms with Gasteiger partial charge < -0.3 is 4.90 Å². The molecular formula is C17H36ClN. The SMILES string of the molecule is CCCCCCCCCCCC1C=C1.CN(C)C.Cl. The first-order valence-electron chi connectivity index (χ1n) is 7.96. The van der Waals surface area contributed by atoms with Gasteiger partial charge in [-0.15, -0.1) is 12.4 Å². The Hall–Kier alpha value is -0.0100. The summed E-state index contributed by atoms with van der Waals surface area (Å²) in [6.45, 7) is 2.28. The third-order valence-corrected chi connectivity index (χ3v) is 3.11. The molecule has 0 spiro atoms. The lowest BCUT2D eigenvalue weighted by atomic mass is 10.1. The number of nitrogens with zero attached hydrogens (tertiary/aromatic N) is 1. The molecule has 1 nitrogen and oxygen atoms in total. The first kappa shape index (κ1) is 21.3. The van der Waals surface area contributed by atoms with Crippen molar-refractivity contribution < 1.29 is 0 Å². The van der Waals surface area contributed by atoms with Gasteiger partial charge in [0.05, 0.1) is 0 Å². The molecule has 116 valence electrons. The number of hydrogen-bond acceptors (Lipinski definition) is 1. The number of unbranched alkanes of at least 4 members (excludes halogenated alkanes) is 8. The average molecular weight is 290 g/mol. The largest absolute Gasteiger partial charge is 0.312 e. The number of hydrogen-bond donors (Lipinski definition) is 0. The zero-order valence-electron chi connectivity index (χ0n) is 13.7. The van der Waals surface area contributed by atoms with Gasteiger partial charge in [-0.2, -0.15) is 0 Å². The van der Waals surface area contributed by atoms with Gasteiger partial charge in [0, 0.05) is 0 Å². The zero-order chi connectivity index (χ0) is 13.6. The van der Waals surface area contributed by atoms with Crippen LogP contribution in [0.3, 0.4) is 0 Å². The summed E-state index contributed by atoms with van der Waals surface area (Å²) in [7, 11) is 6.00. The van der Waals surface area contributed by atoms with Crippen molar-refractivity contribution in [2.75, 3.05) is 21.1 Å². The first-order chi connectivity index (χ1) is 8.66. The molecule has 0 aromatic carbocycles. The molecule has 0 bridgehead atoms. The normalized spacial score (nSPS) is 12.9. The molecule has 2 heteroatoms. The van der Waals surface area contributed by atoms with Crippen molar-refractivity contribution in [2.24, 2.45) is 5.92 Å². The van der Waals surface area contributed by atoms with E-state index in [1.165, 1.54) is 64.2 Å². The van der Waals surface area contributed by atoms with Crippen LogP contribution in [0.2, 0.25) is 0 Å². The van der Waals surface area contributed by atoms with Crippen molar-refractivity contribution in [1.29, 1.82) is 0 Å². The molecule has 0 fully saturated rings. The Kier molecular flexibility index (Phi) is 18.0. The van der Waals surface area contributed by atoms with Gasteiger partial charge in [0.25, 0.3) is 0 Å². The summed E-state index contributed by atoms with van der Waals surface area (Å²) < 4.78 is 0.